The highest BCUT2D eigenvalue weighted by Crippen LogP contribution is 2.33. The molecule has 1 aromatic carbocycles. The number of amides is 1. The number of thioether (sulfide) groups is 1. The number of aryl methyl sites for hydroxylation is 4. The molecule has 2 aromatic heterocycles. The molecule has 0 aliphatic rings. The van der Waals surface area contributed by atoms with Crippen LogP contribution in [-0.2, 0) is 11.2 Å². The molecule has 7 heteroatoms. The van der Waals surface area contributed by atoms with E-state index in [4.69, 9.17) is 5.73 Å². The van der Waals surface area contributed by atoms with Crippen LogP contribution in [0.25, 0.3) is 10.2 Å². The van der Waals surface area contributed by atoms with Gasteiger partial charge in [0.15, 0.2) is 5.16 Å². The zero-order valence-electron chi connectivity index (χ0n) is 15.3. The van der Waals surface area contributed by atoms with Gasteiger partial charge < -0.3 is 11.1 Å². The average molecular weight is 387 g/mol. The van der Waals surface area contributed by atoms with Gasteiger partial charge in [-0.25, -0.2) is 9.97 Å². The van der Waals surface area contributed by atoms with E-state index in [-0.39, 0.29) is 11.7 Å². The molecule has 0 bridgehead atoms. The zero-order valence-corrected chi connectivity index (χ0v) is 17.0. The lowest BCUT2D eigenvalue weighted by Gasteiger charge is -2.12. The van der Waals surface area contributed by atoms with Gasteiger partial charge in [-0.2, -0.15) is 0 Å². The summed E-state index contributed by atoms with van der Waals surface area (Å²) in [6, 6.07) is 6.05. The van der Waals surface area contributed by atoms with Crippen LogP contribution in [0, 0.1) is 20.8 Å². The largest absolute Gasteiger partial charge is 0.383 e. The maximum atomic E-state index is 12.4. The normalized spacial score (nSPS) is 11.1. The molecule has 0 spiro atoms. The van der Waals surface area contributed by atoms with Crippen molar-refractivity contribution in [2.75, 3.05) is 16.8 Å². The van der Waals surface area contributed by atoms with Gasteiger partial charge in [0, 0.05) is 10.6 Å². The van der Waals surface area contributed by atoms with Crippen molar-refractivity contribution < 1.29 is 4.79 Å². The highest BCUT2D eigenvalue weighted by molar-refractivity contribution is 7.99. The fraction of sp³-hybridized carbons (Fsp3) is 0.316. The number of anilines is 2. The van der Waals surface area contributed by atoms with Crippen LogP contribution in [0.4, 0.5) is 11.5 Å². The Bertz CT molecular complexity index is 981. The van der Waals surface area contributed by atoms with Crippen molar-refractivity contribution in [3.63, 3.8) is 0 Å². The minimum atomic E-state index is -0.0696. The number of nitrogen functional groups attached to an aromatic ring is 1. The van der Waals surface area contributed by atoms with Crippen LogP contribution in [0.3, 0.4) is 0 Å². The van der Waals surface area contributed by atoms with Crippen molar-refractivity contribution in [2.24, 2.45) is 0 Å². The smallest absolute Gasteiger partial charge is 0.234 e. The number of nitrogens with two attached hydrogens (primary N) is 1. The van der Waals surface area contributed by atoms with Gasteiger partial charge in [-0.1, -0.05) is 36.9 Å². The Morgan fingerprint density at radius 3 is 2.77 bits per heavy atom. The fourth-order valence-corrected chi connectivity index (χ4v) is 4.58. The lowest BCUT2D eigenvalue weighted by atomic mass is 10.1. The molecule has 3 rings (SSSR count). The lowest BCUT2D eigenvalue weighted by Crippen LogP contribution is -2.16. The number of hydrogen-bond acceptors (Lipinski definition) is 6. The summed E-state index contributed by atoms with van der Waals surface area (Å²) in [6.45, 7) is 8.16. The van der Waals surface area contributed by atoms with Gasteiger partial charge in [0.25, 0.3) is 0 Å². The van der Waals surface area contributed by atoms with Crippen molar-refractivity contribution in [1.29, 1.82) is 0 Å². The molecule has 3 aromatic rings. The van der Waals surface area contributed by atoms with Crippen molar-refractivity contribution in [3.05, 3.63) is 39.8 Å². The first-order valence-corrected chi connectivity index (χ1v) is 10.2. The molecular formula is C19H22N4OS2. The standard InChI is InChI=1S/C19H22N4OS2/c1-5-13-8-6-7-10(2)16(13)21-14(24)9-25-19-22-17(20)15-11(3)12(4)26-18(15)23-19/h6-8H,5,9H2,1-4H3,(H,21,24)(H2,20,22,23). The van der Waals surface area contributed by atoms with Crippen molar-refractivity contribution in [3.8, 4) is 0 Å². The Balaban J connectivity index is 1.73. The van der Waals surface area contributed by atoms with Gasteiger partial charge in [-0.05, 0) is 43.9 Å². The second-order valence-corrected chi connectivity index (χ2v) is 8.30. The second-order valence-electron chi connectivity index (χ2n) is 6.15. The summed E-state index contributed by atoms with van der Waals surface area (Å²) in [5.41, 5.74) is 10.3. The number of benzene rings is 1. The summed E-state index contributed by atoms with van der Waals surface area (Å²) in [5, 5.41) is 4.48. The minimum absolute atomic E-state index is 0.0696. The number of thiophene rings is 1. The SMILES string of the molecule is CCc1cccc(C)c1NC(=O)CSc1nc(N)c2c(C)c(C)sc2n1. The van der Waals surface area contributed by atoms with E-state index in [1.54, 1.807) is 11.3 Å². The molecule has 0 fully saturated rings. The Kier molecular flexibility index (Phi) is 5.48. The highest BCUT2D eigenvalue weighted by Gasteiger charge is 2.14. The van der Waals surface area contributed by atoms with E-state index >= 15 is 0 Å². The maximum absolute atomic E-state index is 12.4. The summed E-state index contributed by atoms with van der Waals surface area (Å²) in [5.74, 6) is 0.651. The quantitative estimate of drug-likeness (QED) is 0.499. The van der Waals surface area contributed by atoms with Crippen LogP contribution >= 0.6 is 23.1 Å². The molecule has 2 heterocycles. The summed E-state index contributed by atoms with van der Waals surface area (Å²) < 4.78 is 0. The molecule has 136 valence electrons. The monoisotopic (exact) mass is 386 g/mol. The van der Waals surface area contributed by atoms with Gasteiger partial charge in [0.1, 0.15) is 10.6 Å². The van der Waals surface area contributed by atoms with Gasteiger partial charge in [-0.3, -0.25) is 4.79 Å². The third kappa shape index (κ3) is 3.68. The molecule has 0 aliphatic heterocycles. The van der Waals surface area contributed by atoms with E-state index in [1.165, 1.54) is 16.6 Å². The lowest BCUT2D eigenvalue weighted by molar-refractivity contribution is -0.113. The number of para-hydroxylation sites is 1. The van der Waals surface area contributed by atoms with E-state index in [0.29, 0.717) is 11.0 Å². The van der Waals surface area contributed by atoms with E-state index in [1.807, 2.05) is 32.0 Å². The number of nitrogens with one attached hydrogen (secondary N) is 1. The number of hydrogen-bond donors (Lipinski definition) is 2. The minimum Gasteiger partial charge on any atom is -0.383 e. The first-order chi connectivity index (χ1) is 12.4. The van der Waals surface area contributed by atoms with Gasteiger partial charge >= 0.3 is 0 Å². The van der Waals surface area contributed by atoms with E-state index in [2.05, 4.69) is 29.1 Å². The number of carbonyl (C=O) groups excluding carboxylic acids is 1. The van der Waals surface area contributed by atoms with Crippen molar-refractivity contribution in [2.45, 2.75) is 39.3 Å². The topological polar surface area (TPSA) is 80.9 Å². The molecule has 26 heavy (non-hydrogen) atoms. The number of fused-ring (bicyclic) bond motifs is 1. The molecular weight excluding hydrogens is 364 g/mol. The Labute approximate surface area is 161 Å². The van der Waals surface area contributed by atoms with Gasteiger partial charge in [0.2, 0.25) is 5.91 Å². The molecule has 0 atom stereocenters. The fourth-order valence-electron chi connectivity index (χ4n) is 2.83. The van der Waals surface area contributed by atoms with Crippen LogP contribution in [0.5, 0.6) is 0 Å². The van der Waals surface area contributed by atoms with Crippen LogP contribution in [-0.4, -0.2) is 21.6 Å². The molecule has 1 amide bonds. The molecule has 5 nitrogen and oxygen atoms in total. The predicted octanol–water partition coefficient (Wildman–Crippen LogP) is 4.49. The molecule has 0 radical (unpaired) electrons. The Morgan fingerprint density at radius 1 is 1.27 bits per heavy atom. The van der Waals surface area contributed by atoms with Crippen LogP contribution in [0.15, 0.2) is 23.4 Å². The summed E-state index contributed by atoms with van der Waals surface area (Å²) in [6.07, 6.45) is 0.873. The first kappa shape index (κ1) is 18.7. The Hall–Kier alpha value is -2.12. The van der Waals surface area contributed by atoms with E-state index in [9.17, 15) is 4.79 Å². The number of rotatable bonds is 5. The van der Waals surface area contributed by atoms with Crippen LogP contribution < -0.4 is 11.1 Å². The molecule has 3 N–H and O–H groups in total. The second kappa shape index (κ2) is 7.63. The molecule has 0 saturated heterocycles. The average Bonchev–Trinajstić information content (AvgIpc) is 2.89. The molecule has 0 unspecified atom stereocenters. The van der Waals surface area contributed by atoms with Crippen molar-refractivity contribution >= 4 is 50.7 Å². The molecule has 0 aliphatic carbocycles. The van der Waals surface area contributed by atoms with Gasteiger partial charge in [0.05, 0.1) is 11.1 Å². The van der Waals surface area contributed by atoms with E-state index < -0.39 is 0 Å². The highest BCUT2D eigenvalue weighted by atomic mass is 32.2. The van der Waals surface area contributed by atoms with E-state index in [0.717, 1.165) is 39.0 Å². The summed E-state index contributed by atoms with van der Waals surface area (Å²) in [7, 11) is 0. The zero-order chi connectivity index (χ0) is 18.8. The number of carbonyl (C=O) groups is 1. The van der Waals surface area contributed by atoms with Crippen LogP contribution in [0.1, 0.15) is 28.5 Å². The van der Waals surface area contributed by atoms with Gasteiger partial charge in [-0.15, -0.1) is 11.3 Å². The van der Waals surface area contributed by atoms with Crippen LogP contribution in [0.2, 0.25) is 0 Å². The number of nitrogens with zero attached hydrogens (tertiary/aromatic N) is 2. The third-order valence-corrected chi connectivity index (χ3v) is 6.32. The summed E-state index contributed by atoms with van der Waals surface area (Å²) in [4.78, 5) is 23.4. The first-order valence-electron chi connectivity index (χ1n) is 8.45. The summed E-state index contributed by atoms with van der Waals surface area (Å²) >= 11 is 2.91. The molecule has 0 saturated carbocycles. The van der Waals surface area contributed by atoms with Crippen molar-refractivity contribution in [1.82, 2.24) is 9.97 Å². The number of aromatic nitrogens is 2. The third-order valence-electron chi connectivity index (χ3n) is 4.37. The maximum Gasteiger partial charge on any atom is 0.234 e. The Morgan fingerprint density at radius 2 is 2.04 bits per heavy atom. The predicted molar refractivity (Wildman–Crippen MR) is 111 cm³/mol.